The quantitative estimate of drug-likeness (QED) is 0.455. The number of halogens is 3. The standard InChI is InChI=1S/C11H11I3N2O3/c1-5(11(18)19)15-4-9(17)16-10-7(13)2-6(12)3-8(10)14/h2-3,5,15H,4H2,1H3,(H,16,17)(H,18,19)/t5-/m1/s1. The van der Waals surface area contributed by atoms with Crippen molar-refractivity contribution in [2.75, 3.05) is 11.9 Å². The zero-order valence-electron chi connectivity index (χ0n) is 9.84. The number of aliphatic carboxylic acids is 1. The van der Waals surface area contributed by atoms with E-state index in [0.717, 1.165) is 16.4 Å². The molecular formula is C11H11I3N2O3. The molecule has 0 spiro atoms. The molecule has 0 fully saturated rings. The number of hydrogen-bond acceptors (Lipinski definition) is 3. The van der Waals surface area contributed by atoms with Gasteiger partial charge in [0.15, 0.2) is 0 Å². The lowest BCUT2D eigenvalue weighted by molar-refractivity contribution is -0.139. The molecule has 5 nitrogen and oxygen atoms in total. The Morgan fingerprint density at radius 2 is 1.79 bits per heavy atom. The Balaban J connectivity index is 2.65. The van der Waals surface area contributed by atoms with Gasteiger partial charge in [0, 0.05) is 10.7 Å². The van der Waals surface area contributed by atoms with Gasteiger partial charge in [-0.3, -0.25) is 14.9 Å². The second-order valence-electron chi connectivity index (χ2n) is 3.73. The SMILES string of the molecule is C[C@@H](NCC(=O)Nc1c(I)cc(I)cc1I)C(=O)O. The van der Waals surface area contributed by atoms with Crippen LogP contribution >= 0.6 is 67.8 Å². The Bertz CT molecular complexity index is 485. The van der Waals surface area contributed by atoms with E-state index in [9.17, 15) is 9.59 Å². The van der Waals surface area contributed by atoms with Crippen LogP contribution in [-0.4, -0.2) is 29.6 Å². The van der Waals surface area contributed by atoms with Crippen molar-refractivity contribution in [1.82, 2.24) is 5.32 Å². The minimum Gasteiger partial charge on any atom is -0.480 e. The van der Waals surface area contributed by atoms with Crippen molar-refractivity contribution in [3.05, 3.63) is 22.8 Å². The number of hydrogen-bond donors (Lipinski definition) is 3. The summed E-state index contributed by atoms with van der Waals surface area (Å²) in [5.74, 6) is -1.24. The van der Waals surface area contributed by atoms with Gasteiger partial charge in [0.2, 0.25) is 5.91 Å². The average molecular weight is 600 g/mol. The fourth-order valence-electron chi connectivity index (χ4n) is 1.18. The summed E-state index contributed by atoms with van der Waals surface area (Å²) < 4.78 is 3.00. The van der Waals surface area contributed by atoms with Crippen molar-refractivity contribution in [2.24, 2.45) is 0 Å². The zero-order valence-corrected chi connectivity index (χ0v) is 16.3. The normalized spacial score (nSPS) is 12.0. The summed E-state index contributed by atoms with van der Waals surface area (Å²) in [5.41, 5.74) is 0.761. The van der Waals surface area contributed by atoms with Gasteiger partial charge in [-0.05, 0) is 86.8 Å². The van der Waals surface area contributed by atoms with Crippen LogP contribution in [-0.2, 0) is 9.59 Å². The summed E-state index contributed by atoms with van der Waals surface area (Å²) in [4.78, 5) is 22.4. The van der Waals surface area contributed by atoms with Crippen LogP contribution < -0.4 is 10.6 Å². The average Bonchev–Trinajstić information content (AvgIpc) is 2.30. The van der Waals surface area contributed by atoms with Gasteiger partial charge in [-0.1, -0.05) is 0 Å². The van der Waals surface area contributed by atoms with Crippen LogP contribution in [0.15, 0.2) is 12.1 Å². The Morgan fingerprint density at radius 3 is 2.26 bits per heavy atom. The largest absolute Gasteiger partial charge is 0.480 e. The van der Waals surface area contributed by atoms with E-state index in [-0.39, 0.29) is 12.5 Å². The molecule has 0 unspecified atom stereocenters. The molecule has 0 radical (unpaired) electrons. The summed E-state index contributed by atoms with van der Waals surface area (Å²) in [6.45, 7) is 1.46. The molecule has 1 amide bonds. The maximum atomic E-state index is 11.8. The number of carbonyl (C=O) groups excluding carboxylic acids is 1. The number of carbonyl (C=O) groups is 2. The van der Waals surface area contributed by atoms with Crippen LogP contribution in [0.25, 0.3) is 0 Å². The van der Waals surface area contributed by atoms with Gasteiger partial charge in [0.25, 0.3) is 0 Å². The summed E-state index contributed by atoms with van der Waals surface area (Å²) in [6, 6.07) is 3.18. The van der Waals surface area contributed by atoms with Crippen molar-refractivity contribution < 1.29 is 14.7 Å². The molecule has 3 N–H and O–H groups in total. The third-order valence-electron chi connectivity index (χ3n) is 2.21. The van der Waals surface area contributed by atoms with E-state index in [1.165, 1.54) is 6.92 Å². The van der Waals surface area contributed by atoms with Gasteiger partial charge >= 0.3 is 5.97 Å². The molecule has 0 heterocycles. The van der Waals surface area contributed by atoms with Crippen molar-refractivity contribution in [2.45, 2.75) is 13.0 Å². The minimum absolute atomic E-state index is 0.0361. The number of carboxylic acids is 1. The van der Waals surface area contributed by atoms with Gasteiger partial charge in [-0.25, -0.2) is 0 Å². The Hall–Kier alpha value is 0.310. The molecule has 0 aliphatic carbocycles. The molecular weight excluding hydrogens is 589 g/mol. The first-order chi connectivity index (χ1) is 8.81. The number of amides is 1. The van der Waals surface area contributed by atoms with Crippen LogP contribution in [0.1, 0.15) is 6.92 Å². The van der Waals surface area contributed by atoms with Crippen molar-refractivity contribution in [3.8, 4) is 0 Å². The summed E-state index contributed by atoms with van der Waals surface area (Å²) in [7, 11) is 0. The van der Waals surface area contributed by atoms with E-state index in [0.29, 0.717) is 0 Å². The number of benzene rings is 1. The smallest absolute Gasteiger partial charge is 0.320 e. The van der Waals surface area contributed by atoms with Crippen LogP contribution in [0.5, 0.6) is 0 Å². The second kappa shape index (κ2) is 7.93. The third-order valence-corrected chi connectivity index (χ3v) is 4.53. The maximum Gasteiger partial charge on any atom is 0.320 e. The maximum absolute atomic E-state index is 11.8. The first kappa shape index (κ1) is 17.4. The van der Waals surface area contributed by atoms with Crippen LogP contribution in [0, 0.1) is 10.7 Å². The molecule has 19 heavy (non-hydrogen) atoms. The lowest BCUT2D eigenvalue weighted by atomic mass is 10.3. The zero-order chi connectivity index (χ0) is 14.6. The lowest BCUT2D eigenvalue weighted by Crippen LogP contribution is -2.39. The highest BCUT2D eigenvalue weighted by Crippen LogP contribution is 2.27. The van der Waals surface area contributed by atoms with Crippen LogP contribution in [0.2, 0.25) is 0 Å². The molecule has 0 saturated heterocycles. The van der Waals surface area contributed by atoms with E-state index in [1.54, 1.807) is 0 Å². The summed E-state index contributed by atoms with van der Waals surface area (Å²) >= 11 is 6.53. The molecule has 0 aliphatic heterocycles. The number of rotatable bonds is 5. The molecule has 1 atom stereocenters. The summed E-state index contributed by atoms with van der Waals surface area (Å²) in [5, 5.41) is 14.1. The molecule has 1 rings (SSSR count). The Labute approximate surface area is 151 Å². The molecule has 8 heteroatoms. The highest BCUT2D eigenvalue weighted by atomic mass is 127. The van der Waals surface area contributed by atoms with Crippen molar-refractivity contribution in [3.63, 3.8) is 0 Å². The van der Waals surface area contributed by atoms with E-state index in [4.69, 9.17) is 5.11 Å². The summed E-state index contributed by atoms with van der Waals surface area (Å²) in [6.07, 6.45) is 0. The van der Waals surface area contributed by atoms with E-state index >= 15 is 0 Å². The first-order valence-electron chi connectivity index (χ1n) is 5.22. The van der Waals surface area contributed by atoms with Gasteiger partial charge < -0.3 is 10.4 Å². The Morgan fingerprint density at radius 1 is 1.26 bits per heavy atom. The number of anilines is 1. The first-order valence-corrected chi connectivity index (χ1v) is 8.45. The van der Waals surface area contributed by atoms with Crippen molar-refractivity contribution >= 4 is 85.3 Å². The van der Waals surface area contributed by atoms with Crippen LogP contribution in [0.3, 0.4) is 0 Å². The van der Waals surface area contributed by atoms with E-state index in [1.807, 2.05) is 12.1 Å². The van der Waals surface area contributed by atoms with E-state index < -0.39 is 12.0 Å². The Kier molecular flexibility index (Phi) is 7.24. The van der Waals surface area contributed by atoms with Gasteiger partial charge in [0.1, 0.15) is 6.04 Å². The fraction of sp³-hybridized carbons (Fsp3) is 0.273. The molecule has 0 aromatic heterocycles. The lowest BCUT2D eigenvalue weighted by Gasteiger charge is -2.12. The predicted molar refractivity (Wildman–Crippen MR) is 98.3 cm³/mol. The number of carboxylic acid groups (broad SMARTS) is 1. The van der Waals surface area contributed by atoms with Crippen molar-refractivity contribution in [1.29, 1.82) is 0 Å². The highest BCUT2D eigenvalue weighted by molar-refractivity contribution is 14.1. The molecule has 1 aromatic carbocycles. The third kappa shape index (κ3) is 5.67. The monoisotopic (exact) mass is 600 g/mol. The van der Waals surface area contributed by atoms with Gasteiger partial charge in [-0.15, -0.1) is 0 Å². The molecule has 0 saturated carbocycles. The second-order valence-corrected chi connectivity index (χ2v) is 7.30. The number of nitrogens with one attached hydrogen (secondary N) is 2. The molecule has 0 bridgehead atoms. The molecule has 0 aliphatic rings. The molecule has 104 valence electrons. The highest BCUT2D eigenvalue weighted by Gasteiger charge is 2.14. The fourth-order valence-corrected chi connectivity index (χ4v) is 5.03. The van der Waals surface area contributed by atoms with Gasteiger partial charge in [0.05, 0.1) is 12.2 Å². The van der Waals surface area contributed by atoms with Gasteiger partial charge in [-0.2, -0.15) is 0 Å². The predicted octanol–water partition coefficient (Wildman–Crippen LogP) is 2.50. The molecule has 1 aromatic rings. The topological polar surface area (TPSA) is 78.4 Å². The minimum atomic E-state index is -0.980. The van der Waals surface area contributed by atoms with E-state index in [2.05, 4.69) is 78.4 Å². The van der Waals surface area contributed by atoms with Crippen LogP contribution in [0.4, 0.5) is 5.69 Å².